The highest BCUT2D eigenvalue weighted by molar-refractivity contribution is 6.15. The lowest BCUT2D eigenvalue weighted by Gasteiger charge is -2.28. The first-order chi connectivity index (χ1) is 16.0. The smallest absolute Gasteiger partial charge is 0.290 e. The molecule has 0 bridgehead atoms. The fourth-order valence-corrected chi connectivity index (χ4v) is 3.80. The van der Waals surface area contributed by atoms with E-state index in [9.17, 15) is 14.7 Å². The van der Waals surface area contributed by atoms with E-state index in [0.717, 1.165) is 5.56 Å². The number of nitrogens with zero attached hydrogens (tertiary/aromatic N) is 2. The first kappa shape index (κ1) is 22.4. The van der Waals surface area contributed by atoms with Crippen LogP contribution in [-0.4, -0.2) is 53.8 Å². The third-order valence-electron chi connectivity index (χ3n) is 5.53. The fourth-order valence-electron chi connectivity index (χ4n) is 3.80. The Bertz CT molecular complexity index is 1140. The van der Waals surface area contributed by atoms with E-state index in [4.69, 9.17) is 9.15 Å². The summed E-state index contributed by atoms with van der Waals surface area (Å²) < 4.78 is 11.1. The van der Waals surface area contributed by atoms with E-state index >= 15 is 0 Å². The molecule has 1 aliphatic rings. The van der Waals surface area contributed by atoms with Gasteiger partial charge in [-0.05, 0) is 49.5 Å². The number of hydrogen-bond acceptors (Lipinski definition) is 6. The van der Waals surface area contributed by atoms with Crippen LogP contribution in [0.2, 0.25) is 0 Å². The zero-order valence-corrected chi connectivity index (χ0v) is 18.6. The molecule has 7 nitrogen and oxygen atoms in total. The molecule has 0 saturated carbocycles. The number of amides is 1. The van der Waals surface area contributed by atoms with Crippen LogP contribution in [-0.2, 0) is 11.4 Å². The Morgan fingerprint density at radius 2 is 1.79 bits per heavy atom. The number of hydrogen-bond donors (Lipinski definition) is 1. The Labute approximate surface area is 192 Å². The van der Waals surface area contributed by atoms with Gasteiger partial charge in [0.25, 0.3) is 5.91 Å². The van der Waals surface area contributed by atoms with E-state index < -0.39 is 23.5 Å². The topological polar surface area (TPSA) is 83.2 Å². The Morgan fingerprint density at radius 3 is 2.42 bits per heavy atom. The van der Waals surface area contributed by atoms with Gasteiger partial charge < -0.3 is 24.1 Å². The molecule has 0 radical (unpaired) electrons. The van der Waals surface area contributed by atoms with Crippen molar-refractivity contribution < 1.29 is 23.8 Å². The lowest BCUT2D eigenvalue weighted by molar-refractivity contribution is -0.129. The number of rotatable bonds is 9. The van der Waals surface area contributed by atoms with Crippen molar-refractivity contribution in [3.05, 3.63) is 101 Å². The second kappa shape index (κ2) is 9.75. The maximum atomic E-state index is 13.1. The molecule has 170 valence electrons. The number of likely N-dealkylation sites (N-methyl/N-ethyl adjacent to an activating group) is 1. The summed E-state index contributed by atoms with van der Waals surface area (Å²) >= 11 is 0. The van der Waals surface area contributed by atoms with Crippen LogP contribution in [0.4, 0.5) is 0 Å². The van der Waals surface area contributed by atoms with Crippen LogP contribution in [0.5, 0.6) is 5.75 Å². The van der Waals surface area contributed by atoms with E-state index in [1.165, 1.54) is 17.2 Å². The maximum absolute atomic E-state index is 13.1. The van der Waals surface area contributed by atoms with Crippen molar-refractivity contribution in [1.82, 2.24) is 9.80 Å². The van der Waals surface area contributed by atoms with Crippen LogP contribution in [0.15, 0.2) is 88.7 Å². The van der Waals surface area contributed by atoms with Crippen molar-refractivity contribution in [1.29, 1.82) is 0 Å². The van der Waals surface area contributed by atoms with Crippen LogP contribution >= 0.6 is 0 Å². The van der Waals surface area contributed by atoms with Gasteiger partial charge in [0.1, 0.15) is 12.4 Å². The SMILES string of the molecule is CN(C)CCN1C(=O)C(O)=C(C(=O)c2ccco2)C1c1ccc(OCc2ccccc2)cc1. The number of benzene rings is 2. The zero-order valence-electron chi connectivity index (χ0n) is 18.6. The molecule has 1 amide bonds. The number of ketones is 1. The third-order valence-corrected chi connectivity index (χ3v) is 5.53. The van der Waals surface area contributed by atoms with Crippen molar-refractivity contribution in [3.8, 4) is 5.75 Å². The Kier molecular flexibility index (Phi) is 6.60. The normalized spacial score (nSPS) is 16.0. The monoisotopic (exact) mass is 446 g/mol. The molecule has 1 N–H and O–H groups in total. The quantitative estimate of drug-likeness (QED) is 0.501. The lowest BCUT2D eigenvalue weighted by atomic mass is 9.95. The molecule has 7 heteroatoms. The third kappa shape index (κ3) is 4.83. The van der Waals surface area contributed by atoms with Crippen LogP contribution < -0.4 is 4.74 Å². The molecule has 3 aromatic rings. The molecule has 1 aromatic heterocycles. The van der Waals surface area contributed by atoms with Crippen molar-refractivity contribution in [2.45, 2.75) is 12.6 Å². The maximum Gasteiger partial charge on any atom is 0.290 e. The fraction of sp³-hybridized carbons (Fsp3) is 0.231. The standard InChI is InChI=1S/C26H26N2O5/c1-27(2)14-15-28-23(22(25(30)26(28)31)24(29)21-9-6-16-32-21)19-10-12-20(13-11-19)33-17-18-7-4-3-5-8-18/h3-13,16,23,30H,14-15,17H2,1-2H3. The predicted molar refractivity (Wildman–Crippen MR) is 123 cm³/mol. The van der Waals surface area contributed by atoms with E-state index in [-0.39, 0.29) is 11.3 Å². The second-order valence-electron chi connectivity index (χ2n) is 8.12. The molecule has 0 saturated heterocycles. The highest BCUT2D eigenvalue weighted by atomic mass is 16.5. The van der Waals surface area contributed by atoms with E-state index in [0.29, 0.717) is 31.0 Å². The summed E-state index contributed by atoms with van der Waals surface area (Å²) in [7, 11) is 3.80. The van der Waals surface area contributed by atoms with Crippen LogP contribution in [0.25, 0.3) is 0 Å². The summed E-state index contributed by atoms with van der Waals surface area (Å²) in [6.45, 7) is 1.36. The molecular weight excluding hydrogens is 420 g/mol. The first-order valence-corrected chi connectivity index (χ1v) is 10.7. The molecular formula is C26H26N2O5. The molecule has 1 aliphatic heterocycles. The highest BCUT2D eigenvalue weighted by Crippen LogP contribution is 2.39. The molecule has 2 heterocycles. The second-order valence-corrected chi connectivity index (χ2v) is 8.12. The molecule has 2 aromatic carbocycles. The summed E-state index contributed by atoms with van der Waals surface area (Å²) in [5, 5.41) is 10.6. The van der Waals surface area contributed by atoms with Crippen molar-refractivity contribution in [2.75, 3.05) is 27.2 Å². The molecule has 33 heavy (non-hydrogen) atoms. The van der Waals surface area contributed by atoms with Crippen LogP contribution in [0, 0.1) is 0 Å². The van der Waals surface area contributed by atoms with E-state index in [1.807, 2.05) is 61.5 Å². The minimum Gasteiger partial charge on any atom is -0.503 e. The average molecular weight is 447 g/mol. The summed E-state index contributed by atoms with van der Waals surface area (Å²) in [6.07, 6.45) is 1.39. The van der Waals surface area contributed by atoms with E-state index in [1.54, 1.807) is 18.2 Å². The number of Topliss-reactive ketones (excluding diaryl/α,β-unsaturated/α-hetero) is 1. The molecule has 1 unspecified atom stereocenters. The van der Waals surface area contributed by atoms with Crippen molar-refractivity contribution in [2.24, 2.45) is 0 Å². The summed E-state index contributed by atoms with van der Waals surface area (Å²) in [5.74, 6) is -0.871. The van der Waals surface area contributed by atoms with Gasteiger partial charge in [-0.15, -0.1) is 0 Å². The van der Waals surface area contributed by atoms with Gasteiger partial charge in [0, 0.05) is 13.1 Å². The van der Waals surface area contributed by atoms with Gasteiger partial charge in [-0.1, -0.05) is 42.5 Å². The van der Waals surface area contributed by atoms with Crippen LogP contribution in [0.3, 0.4) is 0 Å². The van der Waals surface area contributed by atoms with Crippen molar-refractivity contribution in [3.63, 3.8) is 0 Å². The van der Waals surface area contributed by atoms with E-state index in [2.05, 4.69) is 0 Å². The number of furan rings is 1. The van der Waals surface area contributed by atoms with Gasteiger partial charge in [-0.25, -0.2) is 0 Å². The predicted octanol–water partition coefficient (Wildman–Crippen LogP) is 4.00. The molecule has 0 fully saturated rings. The zero-order chi connectivity index (χ0) is 23.4. The number of aliphatic hydroxyl groups excluding tert-OH is 1. The minimum atomic E-state index is -0.724. The Hall–Kier alpha value is -3.84. The number of carbonyl (C=O) groups excluding carboxylic acids is 2. The summed E-state index contributed by atoms with van der Waals surface area (Å²) in [4.78, 5) is 29.5. The van der Waals surface area contributed by atoms with Crippen LogP contribution in [0.1, 0.15) is 27.7 Å². The van der Waals surface area contributed by atoms with Gasteiger partial charge in [0.2, 0.25) is 5.78 Å². The molecule has 0 spiro atoms. The molecule has 1 atom stereocenters. The van der Waals surface area contributed by atoms with Gasteiger partial charge in [-0.2, -0.15) is 0 Å². The van der Waals surface area contributed by atoms with Crippen molar-refractivity contribution >= 4 is 11.7 Å². The highest BCUT2D eigenvalue weighted by Gasteiger charge is 2.44. The lowest BCUT2D eigenvalue weighted by Crippen LogP contribution is -2.36. The van der Waals surface area contributed by atoms with Gasteiger partial charge in [0.05, 0.1) is 17.9 Å². The number of carbonyl (C=O) groups is 2. The summed E-state index contributed by atoms with van der Waals surface area (Å²) in [5.41, 5.74) is 1.77. The summed E-state index contributed by atoms with van der Waals surface area (Å²) in [6, 6.07) is 19.5. The molecule has 0 aliphatic carbocycles. The van der Waals surface area contributed by atoms with Gasteiger partial charge in [0.15, 0.2) is 11.5 Å². The van der Waals surface area contributed by atoms with Gasteiger partial charge in [-0.3, -0.25) is 9.59 Å². The van der Waals surface area contributed by atoms with Gasteiger partial charge >= 0.3 is 0 Å². The average Bonchev–Trinajstić information content (AvgIpc) is 3.45. The first-order valence-electron chi connectivity index (χ1n) is 10.7. The minimum absolute atomic E-state index is 0.0201. The largest absolute Gasteiger partial charge is 0.503 e. The number of aliphatic hydroxyl groups is 1. The Morgan fingerprint density at radius 1 is 1.06 bits per heavy atom. The molecule has 4 rings (SSSR count). The Balaban J connectivity index is 1.61. The number of ether oxygens (including phenoxy) is 1.